The molecule has 0 spiro atoms. The van der Waals surface area contributed by atoms with E-state index >= 15 is 0 Å². The third-order valence-electron chi connectivity index (χ3n) is 2.23. The molecule has 17 heavy (non-hydrogen) atoms. The van der Waals surface area contributed by atoms with Crippen LogP contribution in [0.1, 0.15) is 23.7 Å². The number of hydrogen-bond donors (Lipinski definition) is 1. The Morgan fingerprint density at radius 3 is 2.82 bits per heavy atom. The SMILES string of the molecule is CCC(O)COc1ccc([N+](=O)[O-])cc1C=O. The normalized spacial score (nSPS) is 11.9. The van der Waals surface area contributed by atoms with Gasteiger partial charge in [-0.1, -0.05) is 6.92 Å². The van der Waals surface area contributed by atoms with Gasteiger partial charge in [-0.25, -0.2) is 0 Å². The van der Waals surface area contributed by atoms with Crippen LogP contribution >= 0.6 is 0 Å². The van der Waals surface area contributed by atoms with E-state index in [0.29, 0.717) is 12.7 Å². The highest BCUT2D eigenvalue weighted by molar-refractivity contribution is 5.80. The number of carbonyl (C=O) groups is 1. The van der Waals surface area contributed by atoms with Crippen LogP contribution in [-0.2, 0) is 0 Å². The van der Waals surface area contributed by atoms with Crippen molar-refractivity contribution >= 4 is 12.0 Å². The number of aliphatic hydroxyl groups excluding tert-OH is 1. The Labute approximate surface area is 98.0 Å². The number of rotatable bonds is 6. The Bertz CT molecular complexity index is 418. The molecule has 0 aliphatic carbocycles. The van der Waals surface area contributed by atoms with Gasteiger partial charge in [0.25, 0.3) is 5.69 Å². The van der Waals surface area contributed by atoms with Crippen LogP contribution in [0, 0.1) is 10.1 Å². The van der Waals surface area contributed by atoms with Gasteiger partial charge in [0.1, 0.15) is 12.4 Å². The summed E-state index contributed by atoms with van der Waals surface area (Å²) in [6.07, 6.45) is 0.397. The maximum absolute atomic E-state index is 10.8. The third kappa shape index (κ3) is 3.53. The van der Waals surface area contributed by atoms with Gasteiger partial charge in [0, 0.05) is 12.1 Å². The standard InChI is InChI=1S/C11H13NO5/c1-2-10(14)7-17-11-4-3-9(12(15)16)5-8(11)6-13/h3-6,10,14H,2,7H2,1H3. The molecule has 92 valence electrons. The van der Waals surface area contributed by atoms with Crippen molar-refractivity contribution in [1.82, 2.24) is 0 Å². The molecule has 1 unspecified atom stereocenters. The molecule has 0 amide bonds. The fourth-order valence-corrected chi connectivity index (χ4v) is 1.18. The summed E-state index contributed by atoms with van der Waals surface area (Å²) < 4.78 is 5.21. The van der Waals surface area contributed by atoms with Crippen molar-refractivity contribution < 1.29 is 19.6 Å². The molecule has 6 nitrogen and oxygen atoms in total. The summed E-state index contributed by atoms with van der Waals surface area (Å²) in [5.41, 5.74) is -0.0713. The predicted octanol–water partition coefficient (Wildman–Crippen LogP) is 1.56. The molecule has 0 aromatic heterocycles. The highest BCUT2D eigenvalue weighted by Gasteiger charge is 2.12. The fourth-order valence-electron chi connectivity index (χ4n) is 1.18. The minimum atomic E-state index is -0.621. The number of hydrogen-bond acceptors (Lipinski definition) is 5. The highest BCUT2D eigenvalue weighted by Crippen LogP contribution is 2.22. The van der Waals surface area contributed by atoms with Crippen molar-refractivity contribution in [3.05, 3.63) is 33.9 Å². The van der Waals surface area contributed by atoms with Crippen LogP contribution in [0.15, 0.2) is 18.2 Å². The number of carbonyl (C=O) groups excluding carboxylic acids is 1. The Kier molecular flexibility index (Phi) is 4.59. The minimum Gasteiger partial charge on any atom is -0.490 e. The lowest BCUT2D eigenvalue weighted by Gasteiger charge is -2.11. The topological polar surface area (TPSA) is 89.7 Å². The van der Waals surface area contributed by atoms with Gasteiger partial charge in [0.05, 0.1) is 16.6 Å². The van der Waals surface area contributed by atoms with Crippen LogP contribution in [-0.4, -0.2) is 29.0 Å². The zero-order chi connectivity index (χ0) is 12.8. The lowest BCUT2D eigenvalue weighted by Crippen LogP contribution is -2.16. The Morgan fingerprint density at radius 2 is 2.29 bits per heavy atom. The quantitative estimate of drug-likeness (QED) is 0.462. The van der Waals surface area contributed by atoms with Crippen molar-refractivity contribution in [3.63, 3.8) is 0 Å². The molecular formula is C11H13NO5. The van der Waals surface area contributed by atoms with Crippen molar-refractivity contribution in [1.29, 1.82) is 0 Å². The average Bonchev–Trinajstić information content (AvgIpc) is 2.35. The molecular weight excluding hydrogens is 226 g/mol. The number of aliphatic hydroxyl groups is 1. The molecule has 1 atom stereocenters. The molecule has 6 heteroatoms. The average molecular weight is 239 g/mol. The largest absolute Gasteiger partial charge is 0.490 e. The van der Waals surface area contributed by atoms with Crippen molar-refractivity contribution in [2.45, 2.75) is 19.4 Å². The van der Waals surface area contributed by atoms with Gasteiger partial charge in [-0.05, 0) is 12.5 Å². The van der Waals surface area contributed by atoms with Crippen LogP contribution in [0.5, 0.6) is 5.75 Å². The Balaban J connectivity index is 2.85. The number of non-ortho nitro benzene ring substituents is 1. The summed E-state index contributed by atoms with van der Waals surface area (Å²) in [4.78, 5) is 20.7. The first-order valence-electron chi connectivity index (χ1n) is 5.13. The van der Waals surface area contributed by atoms with Crippen molar-refractivity contribution in [3.8, 4) is 5.75 Å². The molecule has 1 aromatic carbocycles. The predicted molar refractivity (Wildman–Crippen MR) is 60.3 cm³/mol. The lowest BCUT2D eigenvalue weighted by molar-refractivity contribution is -0.384. The first kappa shape index (κ1) is 13.1. The zero-order valence-corrected chi connectivity index (χ0v) is 9.33. The van der Waals surface area contributed by atoms with Crippen LogP contribution in [0.25, 0.3) is 0 Å². The minimum absolute atomic E-state index is 0.0507. The molecule has 0 fully saturated rings. The molecule has 0 heterocycles. The van der Waals surface area contributed by atoms with E-state index in [2.05, 4.69) is 0 Å². The first-order chi connectivity index (χ1) is 8.08. The molecule has 0 saturated heterocycles. The zero-order valence-electron chi connectivity index (χ0n) is 9.33. The molecule has 1 rings (SSSR count). The van der Waals surface area contributed by atoms with Crippen molar-refractivity contribution in [2.75, 3.05) is 6.61 Å². The maximum Gasteiger partial charge on any atom is 0.270 e. The van der Waals surface area contributed by atoms with Gasteiger partial charge in [-0.15, -0.1) is 0 Å². The maximum atomic E-state index is 10.8. The molecule has 0 radical (unpaired) electrons. The second-order valence-electron chi connectivity index (χ2n) is 3.47. The number of aldehydes is 1. The number of benzene rings is 1. The smallest absolute Gasteiger partial charge is 0.270 e. The first-order valence-corrected chi connectivity index (χ1v) is 5.13. The lowest BCUT2D eigenvalue weighted by atomic mass is 10.2. The molecule has 0 aliphatic rings. The Morgan fingerprint density at radius 1 is 1.59 bits per heavy atom. The second-order valence-corrected chi connectivity index (χ2v) is 3.47. The highest BCUT2D eigenvalue weighted by atomic mass is 16.6. The van der Waals surface area contributed by atoms with Gasteiger partial charge in [0.2, 0.25) is 0 Å². The van der Waals surface area contributed by atoms with Crippen LogP contribution in [0.3, 0.4) is 0 Å². The summed E-state index contributed by atoms with van der Waals surface area (Å²) >= 11 is 0. The summed E-state index contributed by atoms with van der Waals surface area (Å²) in [5.74, 6) is 0.234. The Hall–Kier alpha value is -1.95. The van der Waals surface area contributed by atoms with E-state index in [4.69, 9.17) is 4.74 Å². The third-order valence-corrected chi connectivity index (χ3v) is 2.23. The van der Waals surface area contributed by atoms with Gasteiger partial charge in [0.15, 0.2) is 6.29 Å². The van der Waals surface area contributed by atoms with E-state index in [-0.39, 0.29) is 23.6 Å². The number of ether oxygens (including phenoxy) is 1. The molecule has 0 bridgehead atoms. The van der Waals surface area contributed by atoms with Crippen LogP contribution in [0.2, 0.25) is 0 Å². The van der Waals surface area contributed by atoms with E-state index in [1.54, 1.807) is 6.92 Å². The van der Waals surface area contributed by atoms with Gasteiger partial charge in [-0.3, -0.25) is 14.9 Å². The van der Waals surface area contributed by atoms with E-state index < -0.39 is 11.0 Å². The summed E-state index contributed by atoms with van der Waals surface area (Å²) in [6, 6.07) is 3.74. The summed E-state index contributed by atoms with van der Waals surface area (Å²) in [6.45, 7) is 1.85. The number of nitrogens with zero attached hydrogens (tertiary/aromatic N) is 1. The molecule has 0 aliphatic heterocycles. The van der Waals surface area contributed by atoms with Gasteiger partial charge >= 0.3 is 0 Å². The monoisotopic (exact) mass is 239 g/mol. The van der Waals surface area contributed by atoms with E-state index in [9.17, 15) is 20.0 Å². The molecule has 1 N–H and O–H groups in total. The number of nitro benzene ring substituents is 1. The molecule has 0 saturated carbocycles. The molecule has 1 aromatic rings. The summed E-state index contributed by atoms with van der Waals surface area (Å²) in [7, 11) is 0. The summed E-state index contributed by atoms with van der Waals surface area (Å²) in [5, 5.41) is 19.8. The van der Waals surface area contributed by atoms with Crippen LogP contribution < -0.4 is 4.74 Å². The van der Waals surface area contributed by atoms with Gasteiger partial charge in [-0.2, -0.15) is 0 Å². The van der Waals surface area contributed by atoms with E-state index in [0.717, 1.165) is 6.07 Å². The van der Waals surface area contributed by atoms with Crippen LogP contribution in [0.4, 0.5) is 5.69 Å². The fraction of sp³-hybridized carbons (Fsp3) is 0.364. The number of nitro groups is 1. The van der Waals surface area contributed by atoms with E-state index in [1.165, 1.54) is 12.1 Å². The second kappa shape index (κ2) is 5.95. The van der Waals surface area contributed by atoms with Crippen molar-refractivity contribution in [2.24, 2.45) is 0 Å². The van der Waals surface area contributed by atoms with Gasteiger partial charge < -0.3 is 9.84 Å². The van der Waals surface area contributed by atoms with E-state index in [1.807, 2.05) is 0 Å².